The van der Waals surface area contributed by atoms with Crippen molar-refractivity contribution in [2.24, 2.45) is 0 Å². The maximum absolute atomic E-state index is 12.6. The van der Waals surface area contributed by atoms with Crippen molar-refractivity contribution in [1.82, 2.24) is 4.90 Å². The summed E-state index contributed by atoms with van der Waals surface area (Å²) in [6.45, 7) is 1.69. The van der Waals surface area contributed by atoms with Crippen LogP contribution in [0, 0.1) is 0 Å². The third kappa shape index (κ3) is 6.06. The molecule has 4 rings (SSSR count). The first kappa shape index (κ1) is 25.3. The molecule has 36 heavy (non-hydrogen) atoms. The molecule has 3 aromatic rings. The van der Waals surface area contributed by atoms with Crippen molar-refractivity contribution in [3.63, 3.8) is 0 Å². The van der Waals surface area contributed by atoms with Gasteiger partial charge in [0, 0.05) is 19.2 Å². The minimum atomic E-state index is -4.86. The molecule has 190 valence electrons. The van der Waals surface area contributed by atoms with Gasteiger partial charge in [-0.1, -0.05) is 36.4 Å². The van der Waals surface area contributed by atoms with Gasteiger partial charge in [0.15, 0.2) is 5.76 Å². The molecular weight excluding hydrogens is 479 g/mol. The van der Waals surface area contributed by atoms with Gasteiger partial charge in [0.1, 0.15) is 11.5 Å². The number of fused-ring (bicyclic) bond motifs is 1. The molecule has 1 aliphatic heterocycles. The molecule has 0 amide bonds. The van der Waals surface area contributed by atoms with Gasteiger partial charge in [-0.2, -0.15) is 0 Å². The molecule has 0 saturated carbocycles. The molecule has 1 atom stereocenters. The van der Waals surface area contributed by atoms with Gasteiger partial charge in [0.25, 0.3) is 0 Å². The van der Waals surface area contributed by atoms with Crippen molar-refractivity contribution in [2.75, 3.05) is 13.7 Å². The van der Waals surface area contributed by atoms with E-state index in [1.165, 1.54) is 36.4 Å². The Balaban J connectivity index is 1.64. The zero-order valence-corrected chi connectivity index (χ0v) is 19.4. The van der Waals surface area contributed by atoms with Gasteiger partial charge < -0.3 is 19.0 Å². The lowest BCUT2D eigenvalue weighted by Crippen LogP contribution is -2.30. The van der Waals surface area contributed by atoms with Gasteiger partial charge in [0.05, 0.1) is 26.0 Å². The molecule has 1 aromatic heterocycles. The summed E-state index contributed by atoms with van der Waals surface area (Å²) >= 11 is 0. The van der Waals surface area contributed by atoms with E-state index in [1.807, 2.05) is 18.2 Å². The Bertz CT molecular complexity index is 1290. The summed E-state index contributed by atoms with van der Waals surface area (Å²) in [5, 5.41) is 10.5. The number of carbonyl (C=O) groups is 1. The minimum absolute atomic E-state index is 0.162. The second kappa shape index (κ2) is 10.4. The summed E-state index contributed by atoms with van der Waals surface area (Å²) in [4.78, 5) is 26.8. The predicted octanol–water partition coefficient (Wildman–Crippen LogP) is 4.50. The van der Waals surface area contributed by atoms with Crippen LogP contribution in [0.4, 0.5) is 13.2 Å². The van der Waals surface area contributed by atoms with Crippen LogP contribution in [0.5, 0.6) is 11.5 Å². The Morgan fingerprint density at radius 3 is 2.50 bits per heavy atom. The number of ether oxygens (including phenoxy) is 2. The predicted molar refractivity (Wildman–Crippen MR) is 123 cm³/mol. The Labute approximate surface area is 204 Å². The largest absolute Gasteiger partial charge is 0.573 e. The summed E-state index contributed by atoms with van der Waals surface area (Å²) in [6, 6.07) is 14.0. The van der Waals surface area contributed by atoms with E-state index in [4.69, 9.17) is 9.15 Å². The van der Waals surface area contributed by atoms with Gasteiger partial charge in [-0.05, 0) is 35.2 Å². The second-order valence-corrected chi connectivity index (χ2v) is 8.47. The van der Waals surface area contributed by atoms with Crippen LogP contribution in [0.1, 0.15) is 40.5 Å². The lowest BCUT2D eigenvalue weighted by atomic mass is 9.92. The summed E-state index contributed by atoms with van der Waals surface area (Å²) in [5.74, 6) is -2.63. The molecule has 0 unspecified atom stereocenters. The van der Waals surface area contributed by atoms with Gasteiger partial charge >= 0.3 is 12.3 Å². The third-order valence-electron chi connectivity index (χ3n) is 6.02. The van der Waals surface area contributed by atoms with Gasteiger partial charge in [-0.25, -0.2) is 0 Å². The van der Waals surface area contributed by atoms with Crippen molar-refractivity contribution >= 4 is 5.97 Å². The maximum Gasteiger partial charge on any atom is 0.573 e. The highest BCUT2D eigenvalue weighted by Crippen LogP contribution is 2.35. The molecule has 10 heteroatoms. The summed E-state index contributed by atoms with van der Waals surface area (Å²) < 4.78 is 52.2. The molecule has 0 fully saturated rings. The van der Waals surface area contributed by atoms with E-state index < -0.39 is 35.2 Å². The van der Waals surface area contributed by atoms with Crippen LogP contribution in [-0.2, 0) is 29.0 Å². The van der Waals surface area contributed by atoms with E-state index in [2.05, 4.69) is 15.7 Å². The Hall–Kier alpha value is -3.79. The number of halogens is 3. The number of esters is 1. The quantitative estimate of drug-likeness (QED) is 0.475. The van der Waals surface area contributed by atoms with E-state index in [9.17, 15) is 27.9 Å². The highest BCUT2D eigenvalue weighted by molar-refractivity contribution is 5.71. The van der Waals surface area contributed by atoms with Crippen LogP contribution < -0.4 is 10.2 Å². The SMILES string of the molecule is COC(=O)C[C@H](c1ccc(OC(F)(F)F)cc1)c1oc(CN2CCc3ccccc3C2)cc(=O)c1O. The van der Waals surface area contributed by atoms with Crippen LogP contribution in [0.25, 0.3) is 0 Å². The average molecular weight is 503 g/mol. The third-order valence-corrected chi connectivity index (χ3v) is 6.02. The number of carbonyl (C=O) groups excluding carboxylic acids is 1. The van der Waals surface area contributed by atoms with Gasteiger partial charge in [0.2, 0.25) is 11.2 Å². The topological polar surface area (TPSA) is 89.2 Å². The number of hydrogen-bond donors (Lipinski definition) is 1. The number of alkyl halides is 3. The number of nitrogens with zero attached hydrogens (tertiary/aromatic N) is 1. The van der Waals surface area contributed by atoms with Crippen molar-refractivity contribution in [1.29, 1.82) is 0 Å². The molecule has 2 aromatic carbocycles. The normalized spacial score (nSPS) is 14.7. The molecule has 0 radical (unpaired) electrons. The number of aromatic hydroxyl groups is 1. The Kier molecular flexibility index (Phi) is 7.35. The standard InChI is InChI=1S/C26H24F3NO6/c1-34-23(32)13-21(17-6-8-19(9-7-17)36-26(27,28)29)25-24(33)22(31)12-20(35-25)15-30-11-10-16-4-2-3-5-18(16)14-30/h2-9,12,21,33H,10-11,13-15H2,1H3/t21-/m1/s1. The highest BCUT2D eigenvalue weighted by atomic mass is 19.4. The first-order valence-corrected chi connectivity index (χ1v) is 11.2. The first-order valence-electron chi connectivity index (χ1n) is 11.2. The molecule has 0 spiro atoms. The summed E-state index contributed by atoms with van der Waals surface area (Å²) in [7, 11) is 1.18. The molecule has 7 nitrogen and oxygen atoms in total. The molecule has 2 heterocycles. The van der Waals surface area contributed by atoms with E-state index in [1.54, 1.807) is 0 Å². The van der Waals surface area contributed by atoms with Crippen molar-refractivity contribution < 1.29 is 37.0 Å². The van der Waals surface area contributed by atoms with E-state index in [-0.39, 0.29) is 12.2 Å². The van der Waals surface area contributed by atoms with Crippen molar-refractivity contribution in [3.8, 4) is 11.5 Å². The van der Waals surface area contributed by atoms with E-state index in [0.29, 0.717) is 24.4 Å². The zero-order valence-electron chi connectivity index (χ0n) is 19.4. The molecule has 1 N–H and O–H groups in total. The van der Waals surface area contributed by atoms with Crippen molar-refractivity contribution in [2.45, 2.75) is 38.2 Å². The van der Waals surface area contributed by atoms with Crippen LogP contribution in [0.3, 0.4) is 0 Å². The van der Waals surface area contributed by atoms with E-state index in [0.717, 1.165) is 25.1 Å². The fourth-order valence-corrected chi connectivity index (χ4v) is 4.29. The molecule has 0 saturated heterocycles. The fourth-order valence-electron chi connectivity index (χ4n) is 4.29. The smallest absolute Gasteiger partial charge is 0.502 e. The zero-order chi connectivity index (χ0) is 25.9. The Morgan fingerprint density at radius 1 is 1.14 bits per heavy atom. The average Bonchev–Trinajstić information content (AvgIpc) is 2.84. The Morgan fingerprint density at radius 2 is 1.83 bits per heavy atom. The minimum Gasteiger partial charge on any atom is -0.502 e. The lowest BCUT2D eigenvalue weighted by Gasteiger charge is -2.28. The molecule has 0 bridgehead atoms. The van der Waals surface area contributed by atoms with Crippen molar-refractivity contribution in [3.05, 3.63) is 93.0 Å². The maximum atomic E-state index is 12.6. The fraction of sp³-hybridized carbons (Fsp3) is 0.308. The lowest BCUT2D eigenvalue weighted by molar-refractivity contribution is -0.274. The van der Waals surface area contributed by atoms with Gasteiger partial charge in [-0.15, -0.1) is 13.2 Å². The summed E-state index contributed by atoms with van der Waals surface area (Å²) in [5.41, 5.74) is 2.08. The highest BCUT2D eigenvalue weighted by Gasteiger charge is 2.32. The number of methoxy groups -OCH3 is 1. The van der Waals surface area contributed by atoms with Crippen LogP contribution in [0.2, 0.25) is 0 Å². The van der Waals surface area contributed by atoms with Gasteiger partial charge in [-0.3, -0.25) is 14.5 Å². The number of benzene rings is 2. The number of rotatable bonds is 7. The monoisotopic (exact) mass is 503 g/mol. The van der Waals surface area contributed by atoms with E-state index >= 15 is 0 Å². The number of hydrogen-bond acceptors (Lipinski definition) is 7. The summed E-state index contributed by atoms with van der Waals surface area (Å²) in [6.07, 6.45) is -4.34. The molecule has 1 aliphatic rings. The second-order valence-electron chi connectivity index (χ2n) is 8.47. The molecular formula is C26H24F3NO6. The first-order chi connectivity index (χ1) is 17.1. The molecule has 0 aliphatic carbocycles. The van der Waals surface area contributed by atoms with Crippen LogP contribution in [0.15, 0.2) is 63.8 Å². The van der Waals surface area contributed by atoms with Crippen LogP contribution >= 0.6 is 0 Å². The van der Waals surface area contributed by atoms with Crippen LogP contribution in [-0.4, -0.2) is 36.0 Å².